The molecule has 16 heavy (non-hydrogen) atoms. The number of rotatable bonds is 2. The standard InChI is InChI=1S/C15H29N/c1-3-16(2)15-13-11-9-7-5-4-6-8-10-12-14-15/h3,15H,1,4-14H2,2H3. The zero-order valence-corrected chi connectivity index (χ0v) is 11.1. The van der Waals surface area contributed by atoms with Crippen LogP contribution in [0.3, 0.4) is 0 Å². The van der Waals surface area contributed by atoms with Gasteiger partial charge in [0.15, 0.2) is 0 Å². The summed E-state index contributed by atoms with van der Waals surface area (Å²) in [6, 6.07) is 0.747. The summed E-state index contributed by atoms with van der Waals surface area (Å²) in [5.74, 6) is 0. The maximum atomic E-state index is 3.89. The van der Waals surface area contributed by atoms with E-state index < -0.39 is 0 Å². The molecule has 0 aromatic carbocycles. The summed E-state index contributed by atoms with van der Waals surface area (Å²) in [6.45, 7) is 3.89. The predicted octanol–water partition coefficient (Wildman–Crippen LogP) is 4.74. The molecule has 0 aromatic heterocycles. The third kappa shape index (κ3) is 5.58. The van der Waals surface area contributed by atoms with Gasteiger partial charge >= 0.3 is 0 Å². The molecule has 0 atom stereocenters. The second kappa shape index (κ2) is 8.66. The minimum atomic E-state index is 0.747. The Morgan fingerprint density at radius 2 is 1.19 bits per heavy atom. The van der Waals surface area contributed by atoms with Crippen molar-refractivity contribution in [2.75, 3.05) is 7.05 Å². The smallest absolute Gasteiger partial charge is 0.0280 e. The molecule has 0 spiro atoms. The van der Waals surface area contributed by atoms with E-state index in [4.69, 9.17) is 0 Å². The van der Waals surface area contributed by atoms with Crippen molar-refractivity contribution < 1.29 is 0 Å². The largest absolute Gasteiger partial charge is 0.378 e. The molecule has 0 amide bonds. The molecule has 1 fully saturated rings. The van der Waals surface area contributed by atoms with Crippen molar-refractivity contribution in [3.63, 3.8) is 0 Å². The molecule has 1 aliphatic rings. The molecule has 0 aromatic rings. The SMILES string of the molecule is C=CN(C)C1CCCCCCCCCCC1. The van der Waals surface area contributed by atoms with Crippen LogP contribution in [0.1, 0.15) is 70.6 Å². The molecule has 1 saturated carbocycles. The predicted molar refractivity (Wildman–Crippen MR) is 72.5 cm³/mol. The fraction of sp³-hybridized carbons (Fsp3) is 0.867. The molecular formula is C15H29N. The Morgan fingerprint density at radius 1 is 0.812 bits per heavy atom. The van der Waals surface area contributed by atoms with Crippen LogP contribution in [0.15, 0.2) is 12.8 Å². The van der Waals surface area contributed by atoms with Crippen LogP contribution in [0.4, 0.5) is 0 Å². The lowest BCUT2D eigenvalue weighted by atomic mass is 9.97. The van der Waals surface area contributed by atoms with Crippen LogP contribution in [0.5, 0.6) is 0 Å². The summed E-state index contributed by atoms with van der Waals surface area (Å²) in [7, 11) is 2.18. The van der Waals surface area contributed by atoms with Gasteiger partial charge in [-0.15, -0.1) is 0 Å². The topological polar surface area (TPSA) is 3.24 Å². The summed E-state index contributed by atoms with van der Waals surface area (Å²) < 4.78 is 0. The van der Waals surface area contributed by atoms with E-state index >= 15 is 0 Å². The van der Waals surface area contributed by atoms with Crippen molar-refractivity contribution in [2.45, 2.75) is 76.7 Å². The zero-order chi connectivity index (χ0) is 11.6. The van der Waals surface area contributed by atoms with Gasteiger partial charge in [-0.25, -0.2) is 0 Å². The second-order valence-corrected chi connectivity index (χ2v) is 5.26. The molecule has 1 aliphatic carbocycles. The molecule has 1 heteroatoms. The van der Waals surface area contributed by atoms with Crippen molar-refractivity contribution in [3.05, 3.63) is 12.8 Å². The molecule has 1 rings (SSSR count). The zero-order valence-electron chi connectivity index (χ0n) is 11.1. The molecule has 0 heterocycles. The minimum Gasteiger partial charge on any atom is -0.378 e. The summed E-state index contributed by atoms with van der Waals surface area (Å²) in [4.78, 5) is 2.33. The van der Waals surface area contributed by atoms with Crippen molar-refractivity contribution in [1.82, 2.24) is 4.90 Å². The molecule has 0 saturated heterocycles. The van der Waals surface area contributed by atoms with E-state index in [0.29, 0.717) is 0 Å². The van der Waals surface area contributed by atoms with Crippen LogP contribution < -0.4 is 0 Å². The van der Waals surface area contributed by atoms with Crippen LogP contribution in [-0.4, -0.2) is 18.0 Å². The van der Waals surface area contributed by atoms with Gasteiger partial charge in [0.25, 0.3) is 0 Å². The van der Waals surface area contributed by atoms with Gasteiger partial charge in [-0.3, -0.25) is 0 Å². The van der Waals surface area contributed by atoms with Crippen molar-refractivity contribution in [1.29, 1.82) is 0 Å². The van der Waals surface area contributed by atoms with Gasteiger partial charge in [0.1, 0.15) is 0 Å². The Hall–Kier alpha value is -0.460. The maximum absolute atomic E-state index is 3.89. The quantitative estimate of drug-likeness (QED) is 0.654. The second-order valence-electron chi connectivity index (χ2n) is 5.26. The highest BCUT2D eigenvalue weighted by atomic mass is 15.1. The lowest BCUT2D eigenvalue weighted by Crippen LogP contribution is -2.26. The lowest BCUT2D eigenvalue weighted by Gasteiger charge is -2.27. The highest BCUT2D eigenvalue weighted by molar-refractivity contribution is 4.77. The first-order valence-electron chi connectivity index (χ1n) is 7.19. The van der Waals surface area contributed by atoms with E-state index in [2.05, 4.69) is 18.5 Å². The molecule has 0 unspecified atom stereocenters. The van der Waals surface area contributed by atoms with E-state index in [1.807, 2.05) is 6.20 Å². The fourth-order valence-electron chi connectivity index (χ4n) is 2.70. The first-order chi connectivity index (χ1) is 7.84. The average Bonchev–Trinajstić information content (AvgIpc) is 2.29. The van der Waals surface area contributed by atoms with E-state index in [1.54, 1.807) is 0 Å². The van der Waals surface area contributed by atoms with Crippen LogP contribution in [0, 0.1) is 0 Å². The molecule has 0 aliphatic heterocycles. The van der Waals surface area contributed by atoms with Gasteiger partial charge < -0.3 is 4.90 Å². The highest BCUT2D eigenvalue weighted by Crippen LogP contribution is 2.19. The Balaban J connectivity index is 2.32. The molecule has 94 valence electrons. The first kappa shape index (κ1) is 13.6. The van der Waals surface area contributed by atoms with Gasteiger partial charge in [-0.1, -0.05) is 64.4 Å². The van der Waals surface area contributed by atoms with E-state index in [0.717, 1.165) is 6.04 Å². The number of nitrogens with zero attached hydrogens (tertiary/aromatic N) is 1. The molecule has 1 nitrogen and oxygen atoms in total. The van der Waals surface area contributed by atoms with Gasteiger partial charge in [0.2, 0.25) is 0 Å². The summed E-state index contributed by atoms with van der Waals surface area (Å²) in [5, 5.41) is 0. The summed E-state index contributed by atoms with van der Waals surface area (Å²) in [6.07, 6.45) is 17.7. The Kier molecular flexibility index (Phi) is 7.37. The average molecular weight is 223 g/mol. The Morgan fingerprint density at radius 3 is 1.56 bits per heavy atom. The minimum absolute atomic E-state index is 0.747. The Labute approximate surface area is 102 Å². The maximum Gasteiger partial charge on any atom is 0.0280 e. The van der Waals surface area contributed by atoms with Crippen LogP contribution in [0.2, 0.25) is 0 Å². The molecule has 0 N–H and O–H groups in total. The lowest BCUT2D eigenvalue weighted by molar-refractivity contribution is 0.278. The van der Waals surface area contributed by atoms with Crippen molar-refractivity contribution in [2.24, 2.45) is 0 Å². The monoisotopic (exact) mass is 223 g/mol. The van der Waals surface area contributed by atoms with Gasteiger partial charge in [0.05, 0.1) is 0 Å². The molecule has 0 bridgehead atoms. The van der Waals surface area contributed by atoms with Crippen molar-refractivity contribution in [3.8, 4) is 0 Å². The van der Waals surface area contributed by atoms with E-state index in [-0.39, 0.29) is 0 Å². The van der Waals surface area contributed by atoms with Crippen LogP contribution >= 0.6 is 0 Å². The fourth-order valence-corrected chi connectivity index (χ4v) is 2.70. The number of hydrogen-bond donors (Lipinski definition) is 0. The normalized spacial score (nSPS) is 21.8. The number of hydrogen-bond acceptors (Lipinski definition) is 1. The first-order valence-corrected chi connectivity index (χ1v) is 7.19. The van der Waals surface area contributed by atoms with Crippen LogP contribution in [-0.2, 0) is 0 Å². The molecular weight excluding hydrogens is 194 g/mol. The highest BCUT2D eigenvalue weighted by Gasteiger charge is 2.11. The van der Waals surface area contributed by atoms with Crippen molar-refractivity contribution >= 4 is 0 Å². The van der Waals surface area contributed by atoms with E-state index in [9.17, 15) is 0 Å². The summed E-state index contributed by atoms with van der Waals surface area (Å²) >= 11 is 0. The third-order valence-corrected chi connectivity index (χ3v) is 3.94. The van der Waals surface area contributed by atoms with Crippen LogP contribution in [0.25, 0.3) is 0 Å². The van der Waals surface area contributed by atoms with Gasteiger partial charge in [-0.2, -0.15) is 0 Å². The molecule has 0 radical (unpaired) electrons. The van der Waals surface area contributed by atoms with E-state index in [1.165, 1.54) is 70.6 Å². The van der Waals surface area contributed by atoms with Gasteiger partial charge in [0, 0.05) is 13.1 Å². The Bertz CT molecular complexity index is 164. The van der Waals surface area contributed by atoms with Gasteiger partial charge in [-0.05, 0) is 19.0 Å². The third-order valence-electron chi connectivity index (χ3n) is 3.94. The summed E-state index contributed by atoms with van der Waals surface area (Å²) in [5.41, 5.74) is 0.